The van der Waals surface area contributed by atoms with Crippen molar-refractivity contribution in [2.45, 2.75) is 0 Å². The van der Waals surface area contributed by atoms with Crippen molar-refractivity contribution in [3.05, 3.63) is 42.2 Å². The van der Waals surface area contributed by atoms with Gasteiger partial charge in [0.2, 0.25) is 0 Å². The minimum absolute atomic E-state index is 0.298. The lowest BCUT2D eigenvalue weighted by Gasteiger charge is -1.96. The van der Waals surface area contributed by atoms with Crippen molar-refractivity contribution < 1.29 is 4.39 Å². The van der Waals surface area contributed by atoms with Crippen molar-refractivity contribution in [1.82, 2.24) is 15.0 Å². The molecule has 2 aromatic heterocycles. The van der Waals surface area contributed by atoms with Gasteiger partial charge in [0.25, 0.3) is 0 Å². The number of halogens is 1. The summed E-state index contributed by atoms with van der Waals surface area (Å²) < 4.78 is 13.0. The molecule has 0 aliphatic rings. The summed E-state index contributed by atoms with van der Waals surface area (Å²) in [7, 11) is 0. The fraction of sp³-hybridized carbons (Fsp3) is 0. The Morgan fingerprint density at radius 2 is 2.00 bits per heavy atom. The van der Waals surface area contributed by atoms with E-state index in [0.29, 0.717) is 28.4 Å². The number of fused-ring (bicyclic) bond motifs is 1. The minimum atomic E-state index is -0.298. The number of imidazole rings is 1. The maximum atomic E-state index is 13.0. The van der Waals surface area contributed by atoms with Crippen LogP contribution < -0.4 is 5.73 Å². The summed E-state index contributed by atoms with van der Waals surface area (Å²) in [5, 5.41) is 0. The molecule has 0 aliphatic carbocycles. The SMILES string of the molecule is Nc1cccc(-c2nc3ccc(F)cc3[nH]2)n1. The van der Waals surface area contributed by atoms with E-state index in [4.69, 9.17) is 5.73 Å². The lowest BCUT2D eigenvalue weighted by molar-refractivity contribution is 0.629. The molecular weight excluding hydrogens is 219 g/mol. The molecule has 4 nitrogen and oxygen atoms in total. The molecule has 0 saturated carbocycles. The molecule has 1 aromatic carbocycles. The van der Waals surface area contributed by atoms with Gasteiger partial charge >= 0.3 is 0 Å². The van der Waals surface area contributed by atoms with E-state index in [1.807, 2.05) is 0 Å². The highest BCUT2D eigenvalue weighted by atomic mass is 19.1. The Balaban J connectivity index is 2.18. The largest absolute Gasteiger partial charge is 0.384 e. The molecule has 0 spiro atoms. The van der Waals surface area contributed by atoms with Gasteiger partial charge in [-0.15, -0.1) is 0 Å². The van der Waals surface area contributed by atoms with Gasteiger partial charge in [-0.05, 0) is 30.3 Å². The van der Waals surface area contributed by atoms with E-state index in [-0.39, 0.29) is 5.82 Å². The van der Waals surface area contributed by atoms with Gasteiger partial charge in [0.15, 0.2) is 5.82 Å². The topological polar surface area (TPSA) is 67.6 Å². The Morgan fingerprint density at radius 3 is 2.82 bits per heavy atom. The number of rotatable bonds is 1. The number of hydrogen-bond donors (Lipinski definition) is 2. The first-order valence-corrected chi connectivity index (χ1v) is 5.10. The molecular formula is C12H9FN4. The number of benzene rings is 1. The number of hydrogen-bond acceptors (Lipinski definition) is 3. The smallest absolute Gasteiger partial charge is 0.157 e. The maximum absolute atomic E-state index is 13.0. The predicted octanol–water partition coefficient (Wildman–Crippen LogP) is 2.35. The summed E-state index contributed by atoms with van der Waals surface area (Å²) in [6.45, 7) is 0. The predicted molar refractivity (Wildman–Crippen MR) is 63.7 cm³/mol. The number of nitrogens with zero attached hydrogens (tertiary/aromatic N) is 2. The van der Waals surface area contributed by atoms with E-state index >= 15 is 0 Å². The second-order valence-corrected chi connectivity index (χ2v) is 3.69. The Morgan fingerprint density at radius 1 is 1.12 bits per heavy atom. The van der Waals surface area contributed by atoms with Crippen LogP contribution in [0.3, 0.4) is 0 Å². The Labute approximate surface area is 96.3 Å². The minimum Gasteiger partial charge on any atom is -0.384 e. The van der Waals surface area contributed by atoms with Crippen LogP contribution in [0.4, 0.5) is 10.2 Å². The summed E-state index contributed by atoms with van der Waals surface area (Å²) in [5.41, 5.74) is 7.58. The molecule has 17 heavy (non-hydrogen) atoms. The molecule has 3 rings (SSSR count). The van der Waals surface area contributed by atoms with Crippen LogP contribution in [0, 0.1) is 5.82 Å². The molecule has 3 aromatic rings. The van der Waals surface area contributed by atoms with Crippen LogP contribution in [0.1, 0.15) is 0 Å². The van der Waals surface area contributed by atoms with Gasteiger partial charge in [0, 0.05) is 0 Å². The van der Waals surface area contributed by atoms with E-state index in [9.17, 15) is 4.39 Å². The molecule has 0 unspecified atom stereocenters. The number of pyridine rings is 1. The molecule has 0 radical (unpaired) electrons. The molecule has 0 aliphatic heterocycles. The van der Waals surface area contributed by atoms with Crippen LogP contribution in [0.5, 0.6) is 0 Å². The molecule has 0 saturated heterocycles. The van der Waals surface area contributed by atoms with Crippen molar-refractivity contribution in [1.29, 1.82) is 0 Å². The van der Waals surface area contributed by atoms with E-state index in [2.05, 4.69) is 15.0 Å². The van der Waals surface area contributed by atoms with Crippen molar-refractivity contribution in [2.75, 3.05) is 5.73 Å². The van der Waals surface area contributed by atoms with Gasteiger partial charge in [-0.2, -0.15) is 0 Å². The first-order chi connectivity index (χ1) is 8.22. The number of nitrogens with two attached hydrogens (primary N) is 1. The van der Waals surface area contributed by atoms with Crippen LogP contribution in [-0.4, -0.2) is 15.0 Å². The first-order valence-electron chi connectivity index (χ1n) is 5.10. The molecule has 2 heterocycles. The Bertz CT molecular complexity index is 690. The molecule has 84 valence electrons. The van der Waals surface area contributed by atoms with Crippen molar-refractivity contribution in [3.63, 3.8) is 0 Å². The third kappa shape index (κ3) is 1.71. The van der Waals surface area contributed by atoms with Gasteiger partial charge < -0.3 is 10.7 Å². The second kappa shape index (κ2) is 3.55. The molecule has 0 fully saturated rings. The van der Waals surface area contributed by atoms with Crippen molar-refractivity contribution in [2.24, 2.45) is 0 Å². The zero-order chi connectivity index (χ0) is 11.8. The number of aromatic amines is 1. The lowest BCUT2D eigenvalue weighted by Crippen LogP contribution is -1.92. The first kappa shape index (κ1) is 9.77. The number of H-pyrrole nitrogens is 1. The number of nitrogens with one attached hydrogen (secondary N) is 1. The van der Waals surface area contributed by atoms with Crippen LogP contribution >= 0.6 is 0 Å². The van der Waals surface area contributed by atoms with Crippen LogP contribution in [0.2, 0.25) is 0 Å². The maximum Gasteiger partial charge on any atom is 0.157 e. The highest BCUT2D eigenvalue weighted by Crippen LogP contribution is 2.19. The van der Waals surface area contributed by atoms with Gasteiger partial charge in [-0.1, -0.05) is 6.07 Å². The molecule has 0 amide bonds. The fourth-order valence-corrected chi connectivity index (χ4v) is 1.69. The lowest BCUT2D eigenvalue weighted by atomic mass is 10.3. The number of aromatic nitrogens is 3. The fourth-order valence-electron chi connectivity index (χ4n) is 1.69. The number of nitrogen functional groups attached to an aromatic ring is 1. The average Bonchev–Trinajstić information content (AvgIpc) is 2.72. The summed E-state index contributed by atoms with van der Waals surface area (Å²) in [5.74, 6) is 0.709. The normalized spacial score (nSPS) is 10.9. The Hall–Kier alpha value is -2.43. The zero-order valence-electron chi connectivity index (χ0n) is 8.81. The molecule has 0 atom stereocenters. The van der Waals surface area contributed by atoms with E-state index in [1.54, 1.807) is 24.3 Å². The van der Waals surface area contributed by atoms with Crippen LogP contribution in [-0.2, 0) is 0 Å². The second-order valence-electron chi connectivity index (χ2n) is 3.69. The van der Waals surface area contributed by atoms with Gasteiger partial charge in [0.1, 0.15) is 17.3 Å². The zero-order valence-corrected chi connectivity index (χ0v) is 8.81. The Kier molecular flexibility index (Phi) is 2.04. The summed E-state index contributed by atoms with van der Waals surface area (Å²) in [6, 6.07) is 9.69. The van der Waals surface area contributed by atoms with E-state index < -0.39 is 0 Å². The van der Waals surface area contributed by atoms with Crippen molar-refractivity contribution >= 4 is 16.9 Å². The van der Waals surface area contributed by atoms with Gasteiger partial charge in [-0.3, -0.25) is 0 Å². The highest BCUT2D eigenvalue weighted by molar-refractivity contribution is 5.78. The van der Waals surface area contributed by atoms with Crippen LogP contribution in [0.25, 0.3) is 22.6 Å². The third-order valence-electron chi connectivity index (χ3n) is 2.46. The van der Waals surface area contributed by atoms with Crippen molar-refractivity contribution in [3.8, 4) is 11.5 Å². The quantitative estimate of drug-likeness (QED) is 0.671. The molecule has 5 heteroatoms. The van der Waals surface area contributed by atoms with Gasteiger partial charge in [0.05, 0.1) is 11.0 Å². The molecule has 0 bridgehead atoms. The van der Waals surface area contributed by atoms with E-state index in [0.717, 1.165) is 0 Å². The summed E-state index contributed by atoms with van der Waals surface area (Å²) >= 11 is 0. The number of anilines is 1. The van der Waals surface area contributed by atoms with E-state index in [1.165, 1.54) is 12.1 Å². The third-order valence-corrected chi connectivity index (χ3v) is 2.46. The summed E-state index contributed by atoms with van der Waals surface area (Å²) in [4.78, 5) is 11.5. The summed E-state index contributed by atoms with van der Waals surface area (Å²) in [6.07, 6.45) is 0. The highest BCUT2D eigenvalue weighted by Gasteiger charge is 2.07. The monoisotopic (exact) mass is 228 g/mol. The van der Waals surface area contributed by atoms with Crippen LogP contribution in [0.15, 0.2) is 36.4 Å². The molecule has 3 N–H and O–H groups in total. The standard InChI is InChI=1S/C12H9FN4/c13-7-4-5-8-10(6-7)17-12(16-8)9-2-1-3-11(14)15-9/h1-6H,(H2,14,15)(H,16,17). The average molecular weight is 228 g/mol. The van der Waals surface area contributed by atoms with Gasteiger partial charge in [-0.25, -0.2) is 14.4 Å².